The lowest BCUT2D eigenvalue weighted by molar-refractivity contribution is -0.0354. The standard InChI is InChI=1S/C15H21BrN2OS/c1-19-15(8-4-2-3-5-9-15)14-17-12(10-6-7-10)11(16)13(20)18-14/h10H,2-9H2,1H3,(H,17,18,20). The smallest absolute Gasteiger partial charge is 0.144 e. The molecule has 110 valence electrons. The predicted octanol–water partition coefficient (Wildman–Crippen LogP) is 4.97. The van der Waals surface area contributed by atoms with Gasteiger partial charge >= 0.3 is 0 Å². The lowest BCUT2D eigenvalue weighted by Gasteiger charge is -2.31. The van der Waals surface area contributed by atoms with Crippen molar-refractivity contribution in [3.8, 4) is 0 Å². The maximum absolute atomic E-state index is 5.94. The number of hydrogen-bond acceptors (Lipinski definition) is 3. The summed E-state index contributed by atoms with van der Waals surface area (Å²) in [6.45, 7) is 0. The first kappa shape index (κ1) is 14.7. The molecule has 0 atom stereocenters. The fraction of sp³-hybridized carbons (Fsp3) is 0.733. The third kappa shape index (κ3) is 2.72. The molecule has 0 spiro atoms. The van der Waals surface area contributed by atoms with Gasteiger partial charge in [-0.1, -0.05) is 37.9 Å². The molecule has 0 aliphatic heterocycles. The Morgan fingerprint density at radius 3 is 2.45 bits per heavy atom. The normalized spacial score (nSPS) is 22.5. The highest BCUT2D eigenvalue weighted by atomic mass is 79.9. The van der Waals surface area contributed by atoms with Crippen LogP contribution in [0.1, 0.15) is 68.8 Å². The van der Waals surface area contributed by atoms with Crippen molar-refractivity contribution >= 4 is 28.1 Å². The molecule has 0 amide bonds. The van der Waals surface area contributed by atoms with Crippen molar-refractivity contribution in [2.24, 2.45) is 0 Å². The van der Waals surface area contributed by atoms with Crippen LogP contribution >= 0.6 is 28.1 Å². The minimum atomic E-state index is -0.269. The number of aromatic amines is 1. The van der Waals surface area contributed by atoms with Crippen LogP contribution in [0.15, 0.2) is 4.47 Å². The highest BCUT2D eigenvalue weighted by Crippen LogP contribution is 2.44. The summed E-state index contributed by atoms with van der Waals surface area (Å²) in [6, 6.07) is 0. The van der Waals surface area contributed by atoms with E-state index in [4.69, 9.17) is 17.0 Å². The van der Waals surface area contributed by atoms with E-state index in [1.165, 1.54) is 44.2 Å². The van der Waals surface area contributed by atoms with Gasteiger partial charge in [0.05, 0.1) is 4.47 Å². The number of nitrogens with zero attached hydrogens (tertiary/aromatic N) is 1. The molecule has 1 N–H and O–H groups in total. The van der Waals surface area contributed by atoms with Crippen LogP contribution in [-0.4, -0.2) is 17.1 Å². The second-order valence-corrected chi connectivity index (χ2v) is 7.18. The van der Waals surface area contributed by atoms with Crippen LogP contribution in [0, 0.1) is 4.64 Å². The Bertz CT molecular complexity index is 545. The SMILES string of the molecule is COC1(c2nc(=S)c(Br)c(C3CC3)[nH]2)CCCCCC1. The number of H-pyrrole nitrogens is 1. The number of halogens is 1. The Labute approximate surface area is 133 Å². The fourth-order valence-electron chi connectivity index (χ4n) is 3.18. The van der Waals surface area contributed by atoms with Gasteiger partial charge in [-0.15, -0.1) is 0 Å². The van der Waals surface area contributed by atoms with Crippen molar-refractivity contribution in [3.63, 3.8) is 0 Å². The molecule has 1 aromatic heterocycles. The molecule has 1 aromatic rings. The molecule has 5 heteroatoms. The summed E-state index contributed by atoms with van der Waals surface area (Å²) in [5, 5.41) is 0. The van der Waals surface area contributed by atoms with Gasteiger partial charge in [-0.05, 0) is 41.6 Å². The molecule has 2 aliphatic carbocycles. The molecule has 2 fully saturated rings. The molecule has 0 bridgehead atoms. The van der Waals surface area contributed by atoms with E-state index in [1.54, 1.807) is 0 Å². The Kier molecular flexibility index (Phi) is 4.29. The van der Waals surface area contributed by atoms with E-state index < -0.39 is 0 Å². The van der Waals surface area contributed by atoms with E-state index in [9.17, 15) is 0 Å². The maximum Gasteiger partial charge on any atom is 0.144 e. The summed E-state index contributed by atoms with van der Waals surface area (Å²) in [6.07, 6.45) is 9.53. The van der Waals surface area contributed by atoms with Crippen molar-refractivity contribution in [1.82, 2.24) is 9.97 Å². The minimum Gasteiger partial charge on any atom is -0.370 e. The molecule has 1 heterocycles. The zero-order valence-corrected chi connectivity index (χ0v) is 14.3. The quantitative estimate of drug-likeness (QED) is 0.613. The monoisotopic (exact) mass is 356 g/mol. The largest absolute Gasteiger partial charge is 0.370 e. The van der Waals surface area contributed by atoms with Gasteiger partial charge in [0.25, 0.3) is 0 Å². The second kappa shape index (κ2) is 5.85. The first-order valence-electron chi connectivity index (χ1n) is 7.51. The molecule has 0 radical (unpaired) electrons. The Morgan fingerprint density at radius 2 is 1.90 bits per heavy atom. The van der Waals surface area contributed by atoms with Crippen molar-refractivity contribution in [3.05, 3.63) is 20.6 Å². The van der Waals surface area contributed by atoms with Crippen LogP contribution in [-0.2, 0) is 10.3 Å². The maximum atomic E-state index is 5.94. The summed E-state index contributed by atoms with van der Waals surface area (Å²) < 4.78 is 7.58. The molecule has 20 heavy (non-hydrogen) atoms. The van der Waals surface area contributed by atoms with Crippen molar-refractivity contribution in [1.29, 1.82) is 0 Å². The first-order chi connectivity index (χ1) is 9.66. The number of methoxy groups -OCH3 is 1. The number of nitrogens with one attached hydrogen (secondary N) is 1. The van der Waals surface area contributed by atoms with Gasteiger partial charge in [0.2, 0.25) is 0 Å². The average Bonchev–Trinajstić information content (AvgIpc) is 3.27. The molecule has 3 rings (SSSR count). The Morgan fingerprint density at radius 1 is 1.25 bits per heavy atom. The summed E-state index contributed by atoms with van der Waals surface area (Å²) in [5.41, 5.74) is 0.953. The van der Waals surface area contributed by atoms with E-state index in [-0.39, 0.29) is 5.60 Å². The van der Waals surface area contributed by atoms with Crippen LogP contribution in [0.25, 0.3) is 0 Å². The summed E-state index contributed by atoms with van der Waals surface area (Å²) in [7, 11) is 1.81. The van der Waals surface area contributed by atoms with Gasteiger partial charge in [0.15, 0.2) is 0 Å². The minimum absolute atomic E-state index is 0.269. The lowest BCUT2D eigenvalue weighted by atomic mass is 9.93. The van der Waals surface area contributed by atoms with Crippen molar-refractivity contribution in [2.45, 2.75) is 62.9 Å². The second-order valence-electron chi connectivity index (χ2n) is 6.01. The molecule has 2 saturated carbocycles. The van der Waals surface area contributed by atoms with Crippen LogP contribution in [0.2, 0.25) is 0 Å². The number of rotatable bonds is 3. The van der Waals surface area contributed by atoms with Gasteiger partial charge in [-0.3, -0.25) is 0 Å². The topological polar surface area (TPSA) is 37.9 Å². The Hall–Kier alpha value is -0.260. The van der Waals surface area contributed by atoms with E-state index in [0.717, 1.165) is 23.1 Å². The molecular weight excluding hydrogens is 336 g/mol. The van der Waals surface area contributed by atoms with Gasteiger partial charge < -0.3 is 9.72 Å². The molecule has 2 aliphatic rings. The zero-order valence-electron chi connectivity index (χ0n) is 11.9. The molecule has 0 aromatic carbocycles. The summed E-state index contributed by atoms with van der Waals surface area (Å²) in [5.74, 6) is 1.56. The van der Waals surface area contributed by atoms with E-state index in [0.29, 0.717) is 10.6 Å². The van der Waals surface area contributed by atoms with E-state index in [1.807, 2.05) is 7.11 Å². The van der Waals surface area contributed by atoms with Gasteiger partial charge in [0.1, 0.15) is 16.1 Å². The van der Waals surface area contributed by atoms with Crippen LogP contribution < -0.4 is 0 Å². The van der Waals surface area contributed by atoms with Crippen LogP contribution in [0.5, 0.6) is 0 Å². The number of hydrogen-bond donors (Lipinski definition) is 1. The highest BCUT2D eigenvalue weighted by molar-refractivity contribution is 9.10. The molecule has 0 saturated heterocycles. The van der Waals surface area contributed by atoms with Crippen LogP contribution in [0.4, 0.5) is 0 Å². The number of aromatic nitrogens is 2. The fourth-order valence-corrected chi connectivity index (χ4v) is 3.90. The van der Waals surface area contributed by atoms with Gasteiger partial charge in [-0.25, -0.2) is 4.98 Å². The Balaban J connectivity index is 2.04. The van der Waals surface area contributed by atoms with E-state index >= 15 is 0 Å². The highest BCUT2D eigenvalue weighted by Gasteiger charge is 2.37. The number of ether oxygens (including phenoxy) is 1. The summed E-state index contributed by atoms with van der Waals surface area (Å²) >= 11 is 9.04. The summed E-state index contributed by atoms with van der Waals surface area (Å²) in [4.78, 5) is 8.19. The average molecular weight is 357 g/mol. The zero-order chi connectivity index (χ0) is 14.2. The molecule has 3 nitrogen and oxygen atoms in total. The van der Waals surface area contributed by atoms with Gasteiger partial charge in [0, 0.05) is 18.7 Å². The van der Waals surface area contributed by atoms with Crippen LogP contribution in [0.3, 0.4) is 0 Å². The first-order valence-corrected chi connectivity index (χ1v) is 8.72. The van der Waals surface area contributed by atoms with Crippen molar-refractivity contribution < 1.29 is 4.74 Å². The molecule has 0 unspecified atom stereocenters. The third-order valence-corrected chi connectivity index (χ3v) is 5.97. The predicted molar refractivity (Wildman–Crippen MR) is 85.5 cm³/mol. The molecular formula is C15H21BrN2OS. The van der Waals surface area contributed by atoms with Gasteiger partial charge in [-0.2, -0.15) is 0 Å². The van der Waals surface area contributed by atoms with Crippen molar-refractivity contribution in [2.75, 3.05) is 7.11 Å². The van der Waals surface area contributed by atoms with E-state index in [2.05, 4.69) is 25.9 Å². The lowest BCUT2D eigenvalue weighted by Crippen LogP contribution is -2.31. The third-order valence-electron chi connectivity index (χ3n) is 4.61.